The summed E-state index contributed by atoms with van der Waals surface area (Å²) >= 11 is 0. The number of H-pyrrole nitrogens is 1. The number of fused-ring (bicyclic) bond motifs is 3. The minimum atomic E-state index is -0.269. The largest absolute Gasteiger partial charge is 0.290 e. The Hall–Kier alpha value is -3.03. The van der Waals surface area contributed by atoms with Crippen LogP contribution in [0.2, 0.25) is 0 Å². The maximum Gasteiger partial charge on any atom is 0.290 e. The molecule has 0 spiro atoms. The van der Waals surface area contributed by atoms with Gasteiger partial charge in [0.1, 0.15) is 6.33 Å². The zero-order chi connectivity index (χ0) is 14.4. The highest BCUT2D eigenvalue weighted by Crippen LogP contribution is 2.12. The van der Waals surface area contributed by atoms with Crippen LogP contribution >= 0.6 is 0 Å². The summed E-state index contributed by atoms with van der Waals surface area (Å²) in [5.41, 5.74) is 3.30. The summed E-state index contributed by atoms with van der Waals surface area (Å²) < 4.78 is 3.02. The molecule has 0 saturated carbocycles. The van der Waals surface area contributed by atoms with Crippen LogP contribution in [-0.4, -0.2) is 34.8 Å². The molecule has 4 aromatic rings. The Balaban J connectivity index is 1.89. The normalized spacial score (nSPS) is 11.5. The minimum absolute atomic E-state index is 0.269. The van der Waals surface area contributed by atoms with Crippen molar-refractivity contribution in [3.8, 4) is 0 Å². The maximum atomic E-state index is 12.2. The second-order valence-corrected chi connectivity index (χ2v) is 4.90. The molecule has 4 rings (SSSR count). The predicted molar refractivity (Wildman–Crippen MR) is 75.0 cm³/mol. The molecule has 1 N–H and O–H groups in total. The maximum absolute atomic E-state index is 12.2. The molecule has 21 heavy (non-hydrogen) atoms. The van der Waals surface area contributed by atoms with Crippen molar-refractivity contribution in [1.29, 1.82) is 0 Å². The van der Waals surface area contributed by atoms with Gasteiger partial charge in [0.05, 0.1) is 6.54 Å². The van der Waals surface area contributed by atoms with Crippen LogP contribution in [0.1, 0.15) is 11.1 Å². The lowest BCUT2D eigenvalue weighted by Crippen LogP contribution is -2.15. The summed E-state index contributed by atoms with van der Waals surface area (Å²) in [6.07, 6.45) is 1.43. The van der Waals surface area contributed by atoms with E-state index in [0.717, 1.165) is 5.56 Å². The third-order valence-electron chi connectivity index (χ3n) is 3.38. The molecule has 0 saturated heterocycles. The Morgan fingerprint density at radius 3 is 2.81 bits per heavy atom. The number of hydrogen-bond acceptors (Lipinski definition) is 5. The molecular weight excluding hydrogens is 270 g/mol. The van der Waals surface area contributed by atoms with E-state index < -0.39 is 0 Å². The fraction of sp³-hybridized carbons (Fsp3) is 0.154. The van der Waals surface area contributed by atoms with Crippen molar-refractivity contribution >= 4 is 16.7 Å². The summed E-state index contributed by atoms with van der Waals surface area (Å²) in [7, 11) is 0. The average Bonchev–Trinajstić information content (AvgIpc) is 3.08. The predicted octanol–water partition coefficient (Wildman–Crippen LogP) is 0.519. The average molecular weight is 281 g/mol. The molecule has 8 heteroatoms. The second-order valence-electron chi connectivity index (χ2n) is 4.90. The number of benzene rings is 1. The van der Waals surface area contributed by atoms with Gasteiger partial charge in [-0.15, -0.1) is 15.3 Å². The first-order valence-electron chi connectivity index (χ1n) is 6.43. The van der Waals surface area contributed by atoms with Gasteiger partial charge < -0.3 is 0 Å². The van der Waals surface area contributed by atoms with E-state index in [2.05, 4.69) is 25.6 Å². The summed E-state index contributed by atoms with van der Waals surface area (Å²) in [6, 6.07) is 8.06. The molecule has 0 aliphatic heterocycles. The van der Waals surface area contributed by atoms with E-state index >= 15 is 0 Å². The van der Waals surface area contributed by atoms with Crippen LogP contribution < -0.4 is 5.56 Å². The van der Waals surface area contributed by atoms with Gasteiger partial charge in [-0.1, -0.05) is 35.0 Å². The number of aromatic nitrogens is 7. The topological polar surface area (TPSA) is 93.8 Å². The van der Waals surface area contributed by atoms with E-state index in [-0.39, 0.29) is 5.56 Å². The molecule has 104 valence electrons. The standard InChI is InChI=1S/C13H11N7O/c1-8-2-4-9(5-3-8)6-19-11-10(15-18-19)12-16-14-7-20(12)17-13(11)21/h2-5,7H,6H2,1H3,(H,17,21). The molecule has 3 aromatic heterocycles. The fourth-order valence-electron chi connectivity index (χ4n) is 2.31. The van der Waals surface area contributed by atoms with Crippen molar-refractivity contribution in [3.63, 3.8) is 0 Å². The van der Waals surface area contributed by atoms with E-state index in [0.29, 0.717) is 23.2 Å². The highest BCUT2D eigenvalue weighted by Gasteiger charge is 2.14. The Labute approximate surface area is 118 Å². The third-order valence-corrected chi connectivity index (χ3v) is 3.38. The molecule has 0 aliphatic carbocycles. The van der Waals surface area contributed by atoms with Crippen LogP contribution in [0.4, 0.5) is 0 Å². The van der Waals surface area contributed by atoms with Gasteiger partial charge in [0.25, 0.3) is 5.56 Å². The second kappa shape index (κ2) is 4.23. The van der Waals surface area contributed by atoms with E-state index in [4.69, 9.17) is 0 Å². The van der Waals surface area contributed by atoms with Crippen LogP contribution in [0.5, 0.6) is 0 Å². The number of nitrogens with zero attached hydrogens (tertiary/aromatic N) is 6. The Morgan fingerprint density at radius 2 is 2.00 bits per heavy atom. The molecule has 0 bridgehead atoms. The molecule has 1 aromatic carbocycles. The van der Waals surface area contributed by atoms with E-state index in [1.165, 1.54) is 16.4 Å². The zero-order valence-corrected chi connectivity index (χ0v) is 11.2. The van der Waals surface area contributed by atoms with Gasteiger partial charge in [0.15, 0.2) is 11.0 Å². The van der Waals surface area contributed by atoms with E-state index in [1.54, 1.807) is 4.68 Å². The van der Waals surface area contributed by atoms with Crippen molar-refractivity contribution in [2.24, 2.45) is 0 Å². The van der Waals surface area contributed by atoms with Gasteiger partial charge in [-0.2, -0.15) is 0 Å². The van der Waals surface area contributed by atoms with Crippen molar-refractivity contribution in [2.45, 2.75) is 13.5 Å². The lowest BCUT2D eigenvalue weighted by atomic mass is 10.1. The van der Waals surface area contributed by atoms with Gasteiger partial charge in [-0.05, 0) is 12.5 Å². The first-order chi connectivity index (χ1) is 10.2. The molecule has 0 amide bonds. The number of aromatic amines is 1. The van der Waals surface area contributed by atoms with E-state index in [1.807, 2.05) is 31.2 Å². The van der Waals surface area contributed by atoms with Crippen molar-refractivity contribution in [3.05, 3.63) is 52.1 Å². The Morgan fingerprint density at radius 1 is 1.19 bits per heavy atom. The zero-order valence-electron chi connectivity index (χ0n) is 11.2. The highest BCUT2D eigenvalue weighted by atomic mass is 16.1. The van der Waals surface area contributed by atoms with Crippen LogP contribution in [0.25, 0.3) is 16.7 Å². The summed E-state index contributed by atoms with van der Waals surface area (Å²) in [6.45, 7) is 2.51. The van der Waals surface area contributed by atoms with Gasteiger partial charge >= 0.3 is 0 Å². The quantitative estimate of drug-likeness (QED) is 0.578. The van der Waals surface area contributed by atoms with Gasteiger partial charge in [0, 0.05) is 0 Å². The van der Waals surface area contributed by atoms with Crippen molar-refractivity contribution in [1.82, 2.24) is 34.8 Å². The van der Waals surface area contributed by atoms with Crippen LogP contribution in [-0.2, 0) is 6.54 Å². The molecule has 3 heterocycles. The molecule has 8 nitrogen and oxygen atoms in total. The number of hydrogen-bond donors (Lipinski definition) is 1. The molecular formula is C13H11N7O. The Bertz CT molecular complexity index is 993. The molecule has 0 aliphatic rings. The minimum Gasteiger partial charge on any atom is -0.266 e. The molecule has 0 radical (unpaired) electrons. The van der Waals surface area contributed by atoms with Crippen LogP contribution in [0, 0.1) is 6.92 Å². The van der Waals surface area contributed by atoms with Gasteiger partial charge in [-0.3, -0.25) is 9.89 Å². The first kappa shape index (κ1) is 11.8. The summed E-state index contributed by atoms with van der Waals surface area (Å²) in [5.74, 6) is 0. The lowest BCUT2D eigenvalue weighted by molar-refractivity contribution is 0.666. The van der Waals surface area contributed by atoms with Gasteiger partial charge in [-0.25, -0.2) is 9.20 Å². The number of rotatable bonds is 2. The summed E-state index contributed by atoms with van der Waals surface area (Å²) in [4.78, 5) is 12.2. The highest BCUT2D eigenvalue weighted by molar-refractivity contribution is 5.86. The smallest absolute Gasteiger partial charge is 0.266 e. The van der Waals surface area contributed by atoms with Crippen molar-refractivity contribution < 1.29 is 0 Å². The SMILES string of the molecule is Cc1ccc(Cn2nnc3c2c(=O)[nH]n2cnnc32)cc1. The monoisotopic (exact) mass is 281 g/mol. The van der Waals surface area contributed by atoms with E-state index in [9.17, 15) is 4.79 Å². The lowest BCUT2D eigenvalue weighted by Gasteiger charge is -2.03. The summed E-state index contributed by atoms with van der Waals surface area (Å²) in [5, 5.41) is 18.5. The Kier molecular flexibility index (Phi) is 2.37. The van der Waals surface area contributed by atoms with Crippen molar-refractivity contribution in [2.75, 3.05) is 0 Å². The molecule has 0 unspecified atom stereocenters. The molecule has 0 atom stereocenters. The number of aryl methyl sites for hydroxylation is 1. The number of nitrogens with one attached hydrogen (secondary N) is 1. The first-order valence-corrected chi connectivity index (χ1v) is 6.43. The third kappa shape index (κ3) is 1.80. The molecule has 0 fully saturated rings. The van der Waals surface area contributed by atoms with Crippen LogP contribution in [0.15, 0.2) is 35.4 Å². The van der Waals surface area contributed by atoms with Crippen LogP contribution in [0.3, 0.4) is 0 Å². The van der Waals surface area contributed by atoms with Gasteiger partial charge in [0.2, 0.25) is 5.65 Å². The fourth-order valence-corrected chi connectivity index (χ4v) is 2.31.